The minimum atomic E-state index is -0.382. The third-order valence-corrected chi connectivity index (χ3v) is 4.63. The summed E-state index contributed by atoms with van der Waals surface area (Å²) >= 11 is 0. The highest BCUT2D eigenvalue weighted by atomic mass is 16.2. The third-order valence-electron chi connectivity index (χ3n) is 4.63. The molecule has 1 aromatic rings. The highest BCUT2D eigenvalue weighted by Crippen LogP contribution is 2.24. The fourth-order valence-corrected chi connectivity index (χ4v) is 3.37. The zero-order valence-electron chi connectivity index (χ0n) is 13.7. The smallest absolute Gasteiger partial charge is 0.251 e. The summed E-state index contributed by atoms with van der Waals surface area (Å²) in [6.45, 7) is 2.72. The molecule has 0 aromatic heterocycles. The van der Waals surface area contributed by atoms with Crippen LogP contribution in [0.2, 0.25) is 0 Å². The van der Waals surface area contributed by atoms with Gasteiger partial charge in [0, 0.05) is 0 Å². The SMILES string of the molecule is Cc1cccc(N2C(=O)C[C@H](NCCC3=CCCCC3)C2=O)c1. The number of carbonyl (C=O) groups is 2. The van der Waals surface area contributed by atoms with E-state index in [4.69, 9.17) is 0 Å². The van der Waals surface area contributed by atoms with Gasteiger partial charge in [0.15, 0.2) is 0 Å². The second kappa shape index (κ2) is 7.09. The van der Waals surface area contributed by atoms with E-state index in [1.165, 1.54) is 36.2 Å². The van der Waals surface area contributed by atoms with Gasteiger partial charge in [-0.1, -0.05) is 23.8 Å². The molecule has 0 bridgehead atoms. The van der Waals surface area contributed by atoms with Crippen LogP contribution in [-0.4, -0.2) is 24.4 Å². The topological polar surface area (TPSA) is 49.4 Å². The number of aryl methyl sites for hydroxylation is 1. The molecule has 3 rings (SSSR count). The lowest BCUT2D eigenvalue weighted by Crippen LogP contribution is -2.39. The second-order valence-electron chi connectivity index (χ2n) is 6.48. The summed E-state index contributed by atoms with van der Waals surface area (Å²) in [4.78, 5) is 26.1. The largest absolute Gasteiger partial charge is 0.305 e. The molecule has 0 spiro atoms. The molecule has 4 nitrogen and oxygen atoms in total. The molecule has 122 valence electrons. The van der Waals surface area contributed by atoms with Crippen LogP contribution in [0.5, 0.6) is 0 Å². The molecule has 1 atom stereocenters. The number of benzene rings is 1. The van der Waals surface area contributed by atoms with Gasteiger partial charge in [-0.3, -0.25) is 9.59 Å². The predicted octanol–water partition coefficient (Wildman–Crippen LogP) is 3.11. The summed E-state index contributed by atoms with van der Waals surface area (Å²) in [6, 6.07) is 7.15. The highest BCUT2D eigenvalue weighted by molar-refractivity contribution is 6.22. The molecule has 1 N–H and O–H groups in total. The molecule has 1 aliphatic heterocycles. The first-order chi connectivity index (χ1) is 11.1. The van der Waals surface area contributed by atoms with Crippen molar-refractivity contribution in [3.63, 3.8) is 0 Å². The Morgan fingerprint density at radius 2 is 2.13 bits per heavy atom. The van der Waals surface area contributed by atoms with Gasteiger partial charge in [0.25, 0.3) is 5.91 Å². The minimum Gasteiger partial charge on any atom is -0.305 e. The average molecular weight is 312 g/mol. The van der Waals surface area contributed by atoms with Crippen molar-refractivity contribution in [2.24, 2.45) is 0 Å². The number of nitrogens with one attached hydrogen (secondary N) is 1. The number of carbonyl (C=O) groups excluding carboxylic acids is 2. The van der Waals surface area contributed by atoms with Crippen molar-refractivity contribution < 1.29 is 9.59 Å². The average Bonchev–Trinajstić information content (AvgIpc) is 2.82. The first kappa shape index (κ1) is 15.9. The van der Waals surface area contributed by atoms with Gasteiger partial charge in [0.05, 0.1) is 18.2 Å². The quantitative estimate of drug-likeness (QED) is 0.671. The lowest BCUT2D eigenvalue weighted by molar-refractivity contribution is -0.121. The van der Waals surface area contributed by atoms with Gasteiger partial charge in [-0.05, 0) is 63.3 Å². The summed E-state index contributed by atoms with van der Waals surface area (Å²) in [7, 11) is 0. The number of nitrogens with zero attached hydrogens (tertiary/aromatic N) is 1. The maximum Gasteiger partial charge on any atom is 0.251 e. The molecular formula is C19H24N2O2. The Morgan fingerprint density at radius 3 is 2.87 bits per heavy atom. The summed E-state index contributed by atoms with van der Waals surface area (Å²) < 4.78 is 0. The fourth-order valence-electron chi connectivity index (χ4n) is 3.37. The van der Waals surface area contributed by atoms with Crippen LogP contribution in [0, 0.1) is 6.92 Å². The first-order valence-electron chi connectivity index (χ1n) is 8.50. The zero-order chi connectivity index (χ0) is 16.2. The number of hydrogen-bond acceptors (Lipinski definition) is 3. The number of amides is 2. The van der Waals surface area contributed by atoms with E-state index in [1.807, 2.05) is 31.2 Å². The molecule has 2 amide bonds. The molecule has 0 radical (unpaired) electrons. The monoisotopic (exact) mass is 312 g/mol. The van der Waals surface area contributed by atoms with E-state index in [0.717, 1.165) is 18.5 Å². The molecule has 0 saturated carbocycles. The van der Waals surface area contributed by atoms with Crippen molar-refractivity contribution in [1.82, 2.24) is 5.32 Å². The molecule has 23 heavy (non-hydrogen) atoms. The molecular weight excluding hydrogens is 288 g/mol. The molecule has 4 heteroatoms. The predicted molar refractivity (Wildman–Crippen MR) is 91.2 cm³/mol. The van der Waals surface area contributed by atoms with Gasteiger partial charge < -0.3 is 5.32 Å². The van der Waals surface area contributed by atoms with Crippen molar-refractivity contribution in [1.29, 1.82) is 0 Å². The number of allylic oxidation sites excluding steroid dienone is 1. The number of rotatable bonds is 5. The molecule has 1 saturated heterocycles. The molecule has 0 unspecified atom stereocenters. The van der Waals surface area contributed by atoms with Crippen LogP contribution in [0.4, 0.5) is 5.69 Å². The Kier molecular flexibility index (Phi) is 4.91. The minimum absolute atomic E-state index is 0.116. The molecule has 2 aliphatic rings. The maximum absolute atomic E-state index is 12.5. The summed E-state index contributed by atoms with van der Waals surface area (Å²) in [5.74, 6) is -0.242. The maximum atomic E-state index is 12.5. The molecule has 1 fully saturated rings. The molecule has 1 aromatic carbocycles. The van der Waals surface area contributed by atoms with Crippen molar-refractivity contribution in [2.75, 3.05) is 11.4 Å². The fraction of sp³-hybridized carbons (Fsp3) is 0.474. The van der Waals surface area contributed by atoms with Gasteiger partial charge in [-0.15, -0.1) is 0 Å². The summed E-state index contributed by atoms with van der Waals surface area (Å²) in [5, 5.41) is 3.27. The Morgan fingerprint density at radius 1 is 1.26 bits per heavy atom. The number of hydrogen-bond donors (Lipinski definition) is 1. The zero-order valence-corrected chi connectivity index (χ0v) is 13.7. The van der Waals surface area contributed by atoms with Crippen LogP contribution in [0.1, 0.15) is 44.1 Å². The van der Waals surface area contributed by atoms with E-state index < -0.39 is 0 Å². The molecule has 1 heterocycles. The Balaban J connectivity index is 1.59. The second-order valence-corrected chi connectivity index (χ2v) is 6.48. The van der Waals surface area contributed by atoms with Gasteiger partial charge in [-0.2, -0.15) is 0 Å². The van der Waals surface area contributed by atoms with Gasteiger partial charge in [0.1, 0.15) is 0 Å². The summed E-state index contributed by atoms with van der Waals surface area (Å²) in [6.07, 6.45) is 8.47. The van der Waals surface area contributed by atoms with Crippen molar-refractivity contribution in [2.45, 2.75) is 51.5 Å². The first-order valence-corrected chi connectivity index (χ1v) is 8.50. The van der Waals surface area contributed by atoms with Crippen LogP contribution in [0.15, 0.2) is 35.9 Å². The van der Waals surface area contributed by atoms with E-state index in [-0.39, 0.29) is 24.3 Å². The van der Waals surface area contributed by atoms with Crippen LogP contribution >= 0.6 is 0 Å². The van der Waals surface area contributed by atoms with Crippen LogP contribution in [-0.2, 0) is 9.59 Å². The van der Waals surface area contributed by atoms with Crippen LogP contribution < -0.4 is 10.2 Å². The highest BCUT2D eigenvalue weighted by Gasteiger charge is 2.39. The lowest BCUT2D eigenvalue weighted by Gasteiger charge is -2.17. The van der Waals surface area contributed by atoms with E-state index in [0.29, 0.717) is 5.69 Å². The van der Waals surface area contributed by atoms with Crippen molar-refractivity contribution in [3.8, 4) is 0 Å². The Labute approximate surface area is 137 Å². The number of imide groups is 1. The third kappa shape index (κ3) is 3.70. The normalized spacial score (nSPS) is 21.7. The standard InChI is InChI=1S/C19H24N2O2/c1-14-6-5-9-16(12-14)21-18(22)13-17(19(21)23)20-11-10-15-7-3-2-4-8-15/h5-7,9,12,17,20H,2-4,8,10-11,13H2,1H3/t17-/m0/s1. The van der Waals surface area contributed by atoms with Crippen molar-refractivity contribution in [3.05, 3.63) is 41.5 Å². The molecule has 1 aliphatic carbocycles. The van der Waals surface area contributed by atoms with E-state index >= 15 is 0 Å². The van der Waals surface area contributed by atoms with E-state index in [1.54, 1.807) is 0 Å². The van der Waals surface area contributed by atoms with Crippen molar-refractivity contribution >= 4 is 17.5 Å². The Bertz CT molecular complexity index is 636. The van der Waals surface area contributed by atoms with E-state index in [9.17, 15) is 9.59 Å². The van der Waals surface area contributed by atoms with Gasteiger partial charge in [-0.25, -0.2) is 4.90 Å². The van der Waals surface area contributed by atoms with Crippen LogP contribution in [0.25, 0.3) is 0 Å². The van der Waals surface area contributed by atoms with Gasteiger partial charge in [0.2, 0.25) is 5.91 Å². The van der Waals surface area contributed by atoms with Crippen LogP contribution in [0.3, 0.4) is 0 Å². The number of anilines is 1. The Hall–Kier alpha value is -1.94. The van der Waals surface area contributed by atoms with E-state index in [2.05, 4.69) is 11.4 Å². The summed E-state index contributed by atoms with van der Waals surface area (Å²) in [5.41, 5.74) is 3.21. The lowest BCUT2D eigenvalue weighted by atomic mass is 9.97. The van der Waals surface area contributed by atoms with Gasteiger partial charge >= 0.3 is 0 Å².